The minimum Gasteiger partial charge on any atom is -0.352 e. The summed E-state index contributed by atoms with van der Waals surface area (Å²) in [5, 5.41) is 7.15. The number of carbonyl (C=O) groups is 1. The molecule has 5 rings (SSSR count). The molecule has 4 aromatic rings. The number of hydrogen-bond acceptors (Lipinski definition) is 3. The SMILES string of the molecule is Cc1cc(C)c(-n2c(C)cc([C@@H]3[C@@H](c4ccccn4)NC(=S)N3CCC(=O)Nc3ccccc3)c2C)c(C)c1. The molecule has 2 N–H and O–H groups in total. The Hall–Kier alpha value is -3.97. The van der Waals surface area contributed by atoms with Gasteiger partial charge in [0.15, 0.2) is 5.11 Å². The number of nitrogens with one attached hydrogen (secondary N) is 2. The lowest BCUT2D eigenvalue weighted by molar-refractivity contribution is -0.116. The molecule has 0 bridgehead atoms. The van der Waals surface area contributed by atoms with Crippen LogP contribution in [-0.2, 0) is 4.79 Å². The summed E-state index contributed by atoms with van der Waals surface area (Å²) >= 11 is 5.86. The first-order valence-electron chi connectivity index (χ1n) is 13.3. The van der Waals surface area contributed by atoms with Gasteiger partial charge < -0.3 is 20.1 Å². The van der Waals surface area contributed by atoms with E-state index in [4.69, 9.17) is 12.2 Å². The Bertz CT molecular complexity index is 1490. The Morgan fingerprint density at radius 1 is 0.974 bits per heavy atom. The van der Waals surface area contributed by atoms with Crippen LogP contribution >= 0.6 is 12.2 Å². The molecule has 1 amide bonds. The van der Waals surface area contributed by atoms with Crippen molar-refractivity contribution in [1.82, 2.24) is 19.8 Å². The van der Waals surface area contributed by atoms with E-state index in [1.54, 1.807) is 0 Å². The lowest BCUT2D eigenvalue weighted by atomic mass is 9.96. The molecule has 0 saturated carbocycles. The van der Waals surface area contributed by atoms with Gasteiger partial charge in [-0.05, 0) is 93.9 Å². The first-order valence-corrected chi connectivity index (χ1v) is 13.8. The first kappa shape index (κ1) is 26.6. The van der Waals surface area contributed by atoms with Crippen molar-refractivity contribution in [3.8, 4) is 5.69 Å². The van der Waals surface area contributed by atoms with Crippen molar-refractivity contribution in [2.45, 2.75) is 53.1 Å². The van der Waals surface area contributed by atoms with Gasteiger partial charge in [0.1, 0.15) is 0 Å². The molecule has 1 aliphatic heterocycles. The summed E-state index contributed by atoms with van der Waals surface area (Å²) in [7, 11) is 0. The number of rotatable bonds is 7. The highest BCUT2D eigenvalue weighted by molar-refractivity contribution is 7.80. The average molecular weight is 538 g/mol. The van der Waals surface area contributed by atoms with E-state index in [9.17, 15) is 4.79 Å². The number of aryl methyl sites for hydroxylation is 4. The fraction of sp³-hybridized carbons (Fsp3) is 0.281. The number of aromatic nitrogens is 2. The monoisotopic (exact) mass is 537 g/mol. The summed E-state index contributed by atoms with van der Waals surface area (Å²) in [5.41, 5.74) is 10.2. The second kappa shape index (κ2) is 11.0. The van der Waals surface area contributed by atoms with Crippen molar-refractivity contribution >= 4 is 28.9 Å². The maximum Gasteiger partial charge on any atom is 0.226 e. The van der Waals surface area contributed by atoms with E-state index in [1.807, 2.05) is 54.7 Å². The molecule has 39 heavy (non-hydrogen) atoms. The molecular formula is C32H35N5OS. The van der Waals surface area contributed by atoms with Crippen molar-refractivity contribution in [2.24, 2.45) is 0 Å². The van der Waals surface area contributed by atoms with Gasteiger partial charge in [-0.1, -0.05) is 42.0 Å². The highest BCUT2D eigenvalue weighted by Gasteiger charge is 2.41. The number of para-hydroxylation sites is 1. The van der Waals surface area contributed by atoms with Gasteiger partial charge in [0.05, 0.1) is 23.5 Å². The zero-order valence-corrected chi connectivity index (χ0v) is 24.0. The topological polar surface area (TPSA) is 62.2 Å². The predicted molar refractivity (Wildman–Crippen MR) is 161 cm³/mol. The van der Waals surface area contributed by atoms with Gasteiger partial charge in [-0.2, -0.15) is 0 Å². The summed E-state index contributed by atoms with van der Waals surface area (Å²) in [5.74, 6) is -0.0413. The van der Waals surface area contributed by atoms with Gasteiger partial charge in [-0.25, -0.2) is 0 Å². The number of anilines is 1. The molecule has 2 aromatic heterocycles. The molecule has 1 saturated heterocycles. The van der Waals surface area contributed by atoms with E-state index in [2.05, 4.69) is 77.9 Å². The smallest absolute Gasteiger partial charge is 0.226 e. The van der Waals surface area contributed by atoms with Crippen LogP contribution in [0.25, 0.3) is 5.69 Å². The van der Waals surface area contributed by atoms with Crippen LogP contribution in [-0.4, -0.2) is 32.0 Å². The first-order chi connectivity index (χ1) is 18.7. The maximum atomic E-state index is 12.9. The van der Waals surface area contributed by atoms with Crippen LogP contribution in [0.5, 0.6) is 0 Å². The summed E-state index contributed by atoms with van der Waals surface area (Å²) in [6.45, 7) is 11.3. The Labute approximate surface area is 236 Å². The lowest BCUT2D eigenvalue weighted by Crippen LogP contribution is -2.32. The number of amides is 1. The van der Waals surface area contributed by atoms with Crippen LogP contribution in [0, 0.1) is 34.6 Å². The quantitative estimate of drug-likeness (QED) is 0.267. The van der Waals surface area contributed by atoms with Crippen LogP contribution < -0.4 is 10.6 Å². The molecule has 0 unspecified atom stereocenters. The molecule has 0 spiro atoms. The molecule has 0 aliphatic carbocycles. The number of carbonyl (C=O) groups excluding carboxylic acids is 1. The van der Waals surface area contributed by atoms with Gasteiger partial charge in [0.2, 0.25) is 5.91 Å². The molecule has 1 fully saturated rings. The molecule has 0 radical (unpaired) electrons. The van der Waals surface area contributed by atoms with Crippen molar-refractivity contribution in [2.75, 3.05) is 11.9 Å². The van der Waals surface area contributed by atoms with Gasteiger partial charge in [-0.15, -0.1) is 0 Å². The predicted octanol–water partition coefficient (Wildman–Crippen LogP) is 6.42. The number of pyridine rings is 1. The summed E-state index contributed by atoms with van der Waals surface area (Å²) < 4.78 is 2.36. The highest BCUT2D eigenvalue weighted by atomic mass is 32.1. The van der Waals surface area contributed by atoms with E-state index in [-0.39, 0.29) is 18.0 Å². The van der Waals surface area contributed by atoms with Gasteiger partial charge in [0, 0.05) is 36.2 Å². The fourth-order valence-electron chi connectivity index (χ4n) is 5.91. The van der Waals surface area contributed by atoms with Crippen LogP contribution in [0.3, 0.4) is 0 Å². The molecular weight excluding hydrogens is 502 g/mol. The second-order valence-corrected chi connectivity index (χ2v) is 10.8. The number of hydrogen-bond donors (Lipinski definition) is 2. The van der Waals surface area contributed by atoms with Crippen LogP contribution in [0.2, 0.25) is 0 Å². The Morgan fingerprint density at radius 3 is 2.33 bits per heavy atom. The largest absolute Gasteiger partial charge is 0.352 e. The van der Waals surface area contributed by atoms with E-state index < -0.39 is 0 Å². The molecule has 2 aromatic carbocycles. The summed E-state index contributed by atoms with van der Waals surface area (Å²) in [6, 6.07) is 22.0. The molecule has 3 heterocycles. The zero-order valence-electron chi connectivity index (χ0n) is 23.2. The van der Waals surface area contributed by atoms with Gasteiger partial charge >= 0.3 is 0 Å². The molecule has 200 valence electrons. The van der Waals surface area contributed by atoms with Gasteiger partial charge in [0.25, 0.3) is 0 Å². The van der Waals surface area contributed by atoms with E-state index in [0.29, 0.717) is 18.1 Å². The normalized spacial score (nSPS) is 16.8. The second-order valence-electron chi connectivity index (χ2n) is 10.4. The number of thiocarbonyl (C=S) groups is 1. The van der Waals surface area contributed by atoms with Crippen molar-refractivity contribution in [3.63, 3.8) is 0 Å². The third kappa shape index (κ3) is 5.32. The van der Waals surface area contributed by atoms with Gasteiger partial charge in [-0.3, -0.25) is 9.78 Å². The minimum atomic E-state index is -0.134. The number of benzene rings is 2. The van der Waals surface area contributed by atoms with E-state index in [0.717, 1.165) is 17.1 Å². The standard InChI is InChI=1S/C32H35N5OS/c1-20-17-21(2)30(22(3)18-20)37-23(4)19-26(24(37)5)31-29(27-13-9-10-15-33-27)35-32(39)36(31)16-14-28(38)34-25-11-7-6-8-12-25/h6-13,15,17-19,29,31H,14,16H2,1-5H3,(H,34,38)(H,35,39)/t29-,31-/m1/s1. The zero-order chi connectivity index (χ0) is 27.7. The van der Waals surface area contributed by atoms with Crippen molar-refractivity contribution < 1.29 is 4.79 Å². The Kier molecular flexibility index (Phi) is 7.53. The molecule has 6 nitrogen and oxygen atoms in total. The lowest BCUT2D eigenvalue weighted by Gasteiger charge is -2.28. The summed E-state index contributed by atoms with van der Waals surface area (Å²) in [6.07, 6.45) is 2.13. The van der Waals surface area contributed by atoms with Crippen LogP contribution in [0.1, 0.15) is 57.8 Å². The van der Waals surface area contributed by atoms with Crippen LogP contribution in [0.4, 0.5) is 5.69 Å². The highest BCUT2D eigenvalue weighted by Crippen LogP contribution is 2.42. The molecule has 1 aliphatic rings. The van der Waals surface area contributed by atoms with E-state index in [1.165, 1.54) is 33.6 Å². The number of nitrogens with zero attached hydrogens (tertiary/aromatic N) is 3. The third-order valence-electron chi connectivity index (χ3n) is 7.48. The summed E-state index contributed by atoms with van der Waals surface area (Å²) in [4.78, 5) is 19.7. The van der Waals surface area contributed by atoms with E-state index >= 15 is 0 Å². The molecule has 2 atom stereocenters. The Balaban J connectivity index is 1.52. The third-order valence-corrected chi connectivity index (χ3v) is 7.84. The Morgan fingerprint density at radius 2 is 1.67 bits per heavy atom. The maximum absolute atomic E-state index is 12.9. The van der Waals surface area contributed by atoms with Crippen molar-refractivity contribution in [3.05, 3.63) is 112 Å². The fourth-order valence-corrected chi connectivity index (χ4v) is 6.24. The average Bonchev–Trinajstić information content (AvgIpc) is 3.38. The van der Waals surface area contributed by atoms with Crippen LogP contribution in [0.15, 0.2) is 72.9 Å². The van der Waals surface area contributed by atoms with Crippen molar-refractivity contribution in [1.29, 1.82) is 0 Å². The molecule has 7 heteroatoms. The minimum absolute atomic E-state index is 0.0413.